The van der Waals surface area contributed by atoms with Gasteiger partial charge in [-0.15, -0.1) is 0 Å². The summed E-state index contributed by atoms with van der Waals surface area (Å²) in [6.07, 6.45) is 0. The largest absolute Gasteiger partial charge is 0.339 e. The molecule has 0 aromatic carbocycles. The molecule has 0 unspecified atom stereocenters. The van der Waals surface area contributed by atoms with Crippen LogP contribution in [0.4, 0.5) is 0 Å². The van der Waals surface area contributed by atoms with Gasteiger partial charge in [0, 0.05) is 31.6 Å². The van der Waals surface area contributed by atoms with E-state index in [2.05, 4.69) is 26.1 Å². The first-order valence-corrected chi connectivity index (χ1v) is 7.33. The Morgan fingerprint density at radius 1 is 0.950 bits per heavy atom. The number of likely N-dealkylation sites (N-methyl/N-ethyl adjacent to an activating group) is 1. The molecule has 0 saturated carbocycles. The maximum absolute atomic E-state index is 12.7. The van der Waals surface area contributed by atoms with Gasteiger partial charge in [-0.1, -0.05) is 34.6 Å². The van der Waals surface area contributed by atoms with Crippen LogP contribution in [0.15, 0.2) is 0 Å². The molecule has 1 N–H and O–H groups in total. The number of piperazine rings is 1. The molecular formula is C15H29N3O2. The van der Waals surface area contributed by atoms with Crippen molar-refractivity contribution >= 4 is 11.8 Å². The van der Waals surface area contributed by atoms with E-state index < -0.39 is 5.41 Å². The monoisotopic (exact) mass is 283 g/mol. The number of carbonyl (C=O) groups excluding carboxylic acids is 2. The highest BCUT2D eigenvalue weighted by Crippen LogP contribution is 2.39. The highest BCUT2D eigenvalue weighted by molar-refractivity contribution is 5.83. The van der Waals surface area contributed by atoms with E-state index >= 15 is 0 Å². The molecule has 0 atom stereocenters. The van der Waals surface area contributed by atoms with E-state index in [9.17, 15) is 9.59 Å². The van der Waals surface area contributed by atoms with Crippen LogP contribution in [0.5, 0.6) is 0 Å². The first-order chi connectivity index (χ1) is 9.11. The third-order valence-corrected chi connectivity index (χ3v) is 4.66. The van der Waals surface area contributed by atoms with Crippen LogP contribution in [0.2, 0.25) is 0 Å². The molecule has 0 aromatic rings. The van der Waals surface area contributed by atoms with Crippen molar-refractivity contribution in [2.45, 2.75) is 34.6 Å². The molecule has 1 saturated heterocycles. The summed E-state index contributed by atoms with van der Waals surface area (Å²) < 4.78 is 0. The smallest absolute Gasteiger partial charge is 0.236 e. The quantitative estimate of drug-likeness (QED) is 0.839. The fourth-order valence-corrected chi connectivity index (χ4v) is 2.14. The molecule has 1 aliphatic rings. The Bertz CT molecular complexity index is 364. The van der Waals surface area contributed by atoms with Crippen molar-refractivity contribution in [3.63, 3.8) is 0 Å². The molecule has 1 fully saturated rings. The van der Waals surface area contributed by atoms with Crippen LogP contribution in [-0.2, 0) is 9.59 Å². The first-order valence-electron chi connectivity index (χ1n) is 7.33. The molecule has 0 radical (unpaired) electrons. The van der Waals surface area contributed by atoms with Crippen LogP contribution in [0, 0.1) is 10.8 Å². The van der Waals surface area contributed by atoms with Crippen molar-refractivity contribution in [3.05, 3.63) is 0 Å². The lowest BCUT2D eigenvalue weighted by Gasteiger charge is -2.43. The lowest BCUT2D eigenvalue weighted by atomic mass is 9.68. The second-order valence-electron chi connectivity index (χ2n) is 7.08. The van der Waals surface area contributed by atoms with Crippen molar-refractivity contribution < 1.29 is 9.59 Å². The maximum Gasteiger partial charge on any atom is 0.236 e. The summed E-state index contributed by atoms with van der Waals surface area (Å²) in [5.41, 5.74) is -0.479. The summed E-state index contributed by atoms with van der Waals surface area (Å²) in [5, 5.41) is 2.87. The molecule has 1 aliphatic heterocycles. The van der Waals surface area contributed by atoms with Gasteiger partial charge < -0.3 is 15.1 Å². The molecule has 0 aliphatic carbocycles. The van der Waals surface area contributed by atoms with Gasteiger partial charge in [0.2, 0.25) is 11.8 Å². The molecule has 0 aromatic heterocycles. The van der Waals surface area contributed by atoms with Gasteiger partial charge in [-0.25, -0.2) is 0 Å². The molecule has 5 nitrogen and oxygen atoms in total. The van der Waals surface area contributed by atoms with Gasteiger partial charge >= 0.3 is 0 Å². The van der Waals surface area contributed by atoms with Crippen LogP contribution < -0.4 is 5.32 Å². The van der Waals surface area contributed by atoms with Gasteiger partial charge in [-0.2, -0.15) is 0 Å². The Kier molecular flexibility index (Phi) is 5.19. The SMILES string of the molecule is CNCC(=O)N1CCN(C(=O)C(C)(C)C(C)(C)C)CC1. The van der Waals surface area contributed by atoms with Crippen molar-refractivity contribution in [2.75, 3.05) is 39.8 Å². The maximum atomic E-state index is 12.7. The van der Waals surface area contributed by atoms with Gasteiger partial charge in [0.15, 0.2) is 0 Å². The van der Waals surface area contributed by atoms with E-state index in [-0.39, 0.29) is 17.2 Å². The molecule has 116 valence electrons. The molecule has 1 heterocycles. The van der Waals surface area contributed by atoms with Crippen LogP contribution in [0.3, 0.4) is 0 Å². The van der Waals surface area contributed by atoms with E-state index in [1.165, 1.54) is 0 Å². The van der Waals surface area contributed by atoms with Crippen molar-refractivity contribution in [1.82, 2.24) is 15.1 Å². The second-order valence-corrected chi connectivity index (χ2v) is 7.08. The summed E-state index contributed by atoms with van der Waals surface area (Å²) in [4.78, 5) is 28.2. The van der Waals surface area contributed by atoms with Crippen molar-refractivity contribution in [3.8, 4) is 0 Å². The Balaban J connectivity index is 2.62. The molecule has 20 heavy (non-hydrogen) atoms. The Hall–Kier alpha value is -1.10. The fourth-order valence-electron chi connectivity index (χ4n) is 2.14. The Labute approximate surface area is 122 Å². The predicted octanol–water partition coefficient (Wildman–Crippen LogP) is 0.949. The van der Waals surface area contributed by atoms with Crippen LogP contribution in [0.1, 0.15) is 34.6 Å². The first kappa shape index (κ1) is 17.0. The third-order valence-electron chi connectivity index (χ3n) is 4.66. The number of nitrogens with zero attached hydrogens (tertiary/aromatic N) is 2. The normalized spacial score (nSPS) is 17.3. The summed E-state index contributed by atoms with van der Waals surface area (Å²) in [6.45, 7) is 13.2. The summed E-state index contributed by atoms with van der Waals surface area (Å²) >= 11 is 0. The van der Waals surface area contributed by atoms with E-state index in [1.807, 2.05) is 23.6 Å². The number of hydrogen-bond donors (Lipinski definition) is 1. The minimum absolute atomic E-state index is 0.0802. The lowest BCUT2D eigenvalue weighted by Crippen LogP contribution is -2.56. The minimum Gasteiger partial charge on any atom is -0.339 e. The fraction of sp³-hybridized carbons (Fsp3) is 0.867. The molecule has 2 amide bonds. The second kappa shape index (κ2) is 6.12. The van der Waals surface area contributed by atoms with Crippen molar-refractivity contribution in [1.29, 1.82) is 0 Å². The molecule has 5 heteroatoms. The number of rotatable bonds is 3. The summed E-state index contributed by atoms with van der Waals surface area (Å²) in [6, 6.07) is 0. The van der Waals surface area contributed by atoms with Gasteiger partial charge in [0.25, 0.3) is 0 Å². The summed E-state index contributed by atoms with van der Waals surface area (Å²) in [7, 11) is 1.77. The van der Waals surface area contributed by atoms with Crippen molar-refractivity contribution in [2.24, 2.45) is 10.8 Å². The Morgan fingerprint density at radius 2 is 1.40 bits per heavy atom. The van der Waals surface area contributed by atoms with E-state index in [1.54, 1.807) is 7.05 Å². The predicted molar refractivity (Wildman–Crippen MR) is 80.3 cm³/mol. The van der Waals surface area contributed by atoms with Gasteiger partial charge in [-0.05, 0) is 12.5 Å². The van der Waals surface area contributed by atoms with Gasteiger partial charge in [-0.3, -0.25) is 9.59 Å². The lowest BCUT2D eigenvalue weighted by molar-refractivity contribution is -0.150. The highest BCUT2D eigenvalue weighted by atomic mass is 16.2. The molecule has 0 bridgehead atoms. The molecule has 1 rings (SSSR count). The average molecular weight is 283 g/mol. The zero-order valence-corrected chi connectivity index (χ0v) is 13.7. The van der Waals surface area contributed by atoms with Crippen LogP contribution >= 0.6 is 0 Å². The molecule has 0 spiro atoms. The highest BCUT2D eigenvalue weighted by Gasteiger charge is 2.42. The third kappa shape index (κ3) is 3.51. The van der Waals surface area contributed by atoms with E-state index in [0.29, 0.717) is 32.7 Å². The molecular weight excluding hydrogens is 254 g/mol. The van der Waals surface area contributed by atoms with E-state index in [4.69, 9.17) is 0 Å². The Morgan fingerprint density at radius 3 is 1.80 bits per heavy atom. The minimum atomic E-state index is -0.399. The zero-order chi connectivity index (χ0) is 15.6. The van der Waals surface area contributed by atoms with Gasteiger partial charge in [0.1, 0.15) is 0 Å². The van der Waals surface area contributed by atoms with Gasteiger partial charge in [0.05, 0.1) is 6.54 Å². The van der Waals surface area contributed by atoms with Crippen LogP contribution in [0.25, 0.3) is 0 Å². The zero-order valence-electron chi connectivity index (χ0n) is 13.7. The van der Waals surface area contributed by atoms with Crippen LogP contribution in [-0.4, -0.2) is 61.4 Å². The number of hydrogen-bond acceptors (Lipinski definition) is 3. The number of carbonyl (C=O) groups is 2. The standard InChI is InChI=1S/C15H29N3O2/c1-14(2,3)15(4,5)13(20)18-9-7-17(8-10-18)12(19)11-16-6/h16H,7-11H2,1-6H3. The summed E-state index contributed by atoms with van der Waals surface area (Å²) in [5.74, 6) is 0.292. The average Bonchev–Trinajstić information content (AvgIpc) is 2.37. The number of amides is 2. The number of nitrogens with one attached hydrogen (secondary N) is 1. The topological polar surface area (TPSA) is 52.7 Å². The van der Waals surface area contributed by atoms with E-state index in [0.717, 1.165) is 0 Å².